The molecule has 6 N–H and O–H groups in total. The van der Waals surface area contributed by atoms with E-state index in [0.29, 0.717) is 81.3 Å². The Labute approximate surface area is 356 Å². The van der Waals surface area contributed by atoms with Gasteiger partial charge in [-0.05, 0) is 76.9 Å². The summed E-state index contributed by atoms with van der Waals surface area (Å²) in [5.41, 5.74) is 21.0. The number of nitrogens with zero attached hydrogens (tertiary/aromatic N) is 4. The molecule has 2 atom stereocenters. The molecule has 0 bridgehead atoms. The second-order valence-electron chi connectivity index (χ2n) is 13.0. The van der Waals surface area contributed by atoms with Crippen molar-refractivity contribution >= 4 is 47.2 Å². The molecule has 4 heterocycles. The Morgan fingerprint density at radius 3 is 1.36 bits per heavy atom. The average Bonchev–Trinajstić information content (AvgIpc) is 3.18. The maximum atomic E-state index is 12.4. The van der Waals surface area contributed by atoms with Crippen molar-refractivity contribution in [1.29, 1.82) is 10.5 Å². The molecule has 15 heteroatoms. The predicted molar refractivity (Wildman–Crippen MR) is 233 cm³/mol. The van der Waals surface area contributed by atoms with Gasteiger partial charge in [0.1, 0.15) is 11.5 Å². The normalized spacial score (nSPS) is 14.8. The number of aromatic nitrogens is 2. The number of carbonyl (C=O) groups excluding carboxylic acids is 2. The van der Waals surface area contributed by atoms with Crippen molar-refractivity contribution in [2.45, 2.75) is 60.8 Å². The van der Waals surface area contributed by atoms with E-state index in [1.165, 1.54) is 14.2 Å². The molecule has 1 unspecified atom stereocenters. The van der Waals surface area contributed by atoms with Crippen LogP contribution in [0.2, 0.25) is 0 Å². The second-order valence-corrected chi connectivity index (χ2v) is 13.0. The number of methoxy groups -OCH3 is 2. The van der Waals surface area contributed by atoms with Crippen LogP contribution in [0.4, 0.5) is 11.4 Å². The number of hydrogen-bond acceptors (Lipinski definition) is 12. The summed E-state index contributed by atoms with van der Waals surface area (Å²) in [6.07, 6.45) is 3.46. The Morgan fingerprint density at radius 1 is 0.707 bits per heavy atom. The molecule has 6 rings (SSSR count). The number of amides is 2. The van der Waals surface area contributed by atoms with Crippen LogP contribution >= 0.6 is 24.0 Å². The van der Waals surface area contributed by atoms with Crippen molar-refractivity contribution in [3.8, 4) is 35.4 Å². The lowest BCUT2D eigenvalue weighted by atomic mass is 9.79. The monoisotopic (exact) mass is 900 g/mol. The van der Waals surface area contributed by atoms with Crippen LogP contribution in [0.25, 0.3) is 0 Å². The van der Waals surface area contributed by atoms with Gasteiger partial charge < -0.3 is 41.0 Å². The van der Waals surface area contributed by atoms with Gasteiger partial charge in [0.15, 0.2) is 0 Å². The fourth-order valence-electron chi connectivity index (χ4n) is 7.13. The number of nitrogens with one attached hydrogen (secondary N) is 2. The highest BCUT2D eigenvalue weighted by Gasteiger charge is 2.38. The largest absolute Gasteiger partial charge is 0.496 e. The third-order valence-corrected chi connectivity index (χ3v) is 9.57. The number of halogens is 1. The maximum Gasteiger partial charge on any atom is 0.247 e. The van der Waals surface area contributed by atoms with Crippen molar-refractivity contribution < 1.29 is 28.5 Å². The lowest BCUT2D eigenvalue weighted by Gasteiger charge is -2.32. The summed E-state index contributed by atoms with van der Waals surface area (Å²) < 4.78 is 22.6. The quantitative estimate of drug-likeness (QED) is 0.116. The molecular weight excluding hydrogens is 851 g/mol. The predicted octanol–water partition coefficient (Wildman–Crippen LogP) is 7.23. The first-order chi connectivity index (χ1) is 26.8. The number of primary amides is 2. The summed E-state index contributed by atoms with van der Waals surface area (Å²) in [5.74, 6) is -0.320. The molecule has 0 radical (unpaired) electrons. The minimum Gasteiger partial charge on any atom is -0.496 e. The summed E-state index contributed by atoms with van der Waals surface area (Å²) in [5, 5.41) is 25.0. The van der Waals surface area contributed by atoms with Gasteiger partial charge in [-0.2, -0.15) is 10.5 Å². The molecule has 14 nitrogen and oxygen atoms in total. The zero-order valence-corrected chi connectivity index (χ0v) is 35.3. The Hall–Kier alpha value is -6.33. The van der Waals surface area contributed by atoms with Crippen LogP contribution in [0, 0.1) is 36.5 Å². The number of nitriles is 2. The van der Waals surface area contributed by atoms with Crippen LogP contribution in [-0.2, 0) is 9.59 Å². The third kappa shape index (κ3) is 8.79. The summed E-state index contributed by atoms with van der Waals surface area (Å²) in [6, 6.07) is 14.4. The first-order valence-electron chi connectivity index (χ1n) is 17.8. The molecule has 2 aromatic heterocycles. The SMILES string of the molecule is C.CCOc1ncc(C)c2c1C(c1ccc(C#N)cc1OC)C(C(N)=O)=C(C)N2.CCOc1ncc(C)c2c1[C@H](c1ccc(C#N)cc1OC)C(C(N)=O)=C(C)N2.I. The first kappa shape index (κ1) is 46.1. The van der Waals surface area contributed by atoms with Gasteiger partial charge in [-0.15, -0.1) is 24.0 Å². The molecule has 0 aliphatic carbocycles. The summed E-state index contributed by atoms with van der Waals surface area (Å²) >= 11 is 0. The van der Waals surface area contributed by atoms with E-state index in [1.54, 1.807) is 48.8 Å². The zero-order valence-electron chi connectivity index (χ0n) is 33.0. The van der Waals surface area contributed by atoms with Crippen LogP contribution in [0.1, 0.15) is 91.5 Å². The Morgan fingerprint density at radius 2 is 1.07 bits per heavy atom. The molecule has 0 fully saturated rings. The maximum absolute atomic E-state index is 12.4. The van der Waals surface area contributed by atoms with Crippen LogP contribution < -0.4 is 41.0 Å². The summed E-state index contributed by atoms with van der Waals surface area (Å²) in [6.45, 7) is 12.1. The number of aryl methyl sites for hydroxylation is 2. The lowest BCUT2D eigenvalue weighted by molar-refractivity contribution is -0.115. The van der Waals surface area contributed by atoms with Gasteiger partial charge in [-0.1, -0.05) is 19.6 Å². The fourth-order valence-corrected chi connectivity index (χ4v) is 7.13. The molecule has 2 aliphatic heterocycles. The fraction of sp³-hybridized carbons (Fsp3) is 0.302. The first-order valence-corrected chi connectivity index (χ1v) is 17.8. The van der Waals surface area contributed by atoms with Crippen molar-refractivity contribution in [2.24, 2.45) is 11.5 Å². The van der Waals surface area contributed by atoms with Crippen molar-refractivity contribution in [3.05, 3.63) is 116 Å². The number of carbonyl (C=O) groups is 2. The number of nitrogens with two attached hydrogens (primary N) is 2. The Bertz CT molecular complexity index is 2210. The number of pyridine rings is 2. The molecule has 0 saturated heterocycles. The van der Waals surface area contributed by atoms with Crippen molar-refractivity contribution in [1.82, 2.24) is 9.97 Å². The van der Waals surface area contributed by atoms with Gasteiger partial charge >= 0.3 is 0 Å². The van der Waals surface area contributed by atoms with Gasteiger partial charge in [-0.3, -0.25) is 9.59 Å². The molecule has 2 amide bonds. The molecule has 58 heavy (non-hydrogen) atoms. The van der Waals surface area contributed by atoms with Crippen molar-refractivity contribution in [2.75, 3.05) is 38.1 Å². The van der Waals surface area contributed by atoms with Gasteiger partial charge in [0.2, 0.25) is 23.6 Å². The number of fused-ring (bicyclic) bond motifs is 2. The molecule has 4 aromatic rings. The number of allylic oxidation sites excluding steroid dienone is 2. The van der Waals surface area contributed by atoms with Gasteiger partial charge in [0, 0.05) is 46.1 Å². The van der Waals surface area contributed by atoms with Crippen LogP contribution in [0.5, 0.6) is 23.3 Å². The highest BCUT2D eigenvalue weighted by Crippen LogP contribution is 2.50. The van der Waals surface area contributed by atoms with E-state index in [2.05, 4.69) is 32.7 Å². The molecule has 304 valence electrons. The molecule has 0 spiro atoms. The molecule has 0 saturated carbocycles. The highest BCUT2D eigenvalue weighted by atomic mass is 127. The van der Waals surface area contributed by atoms with E-state index < -0.39 is 23.7 Å². The van der Waals surface area contributed by atoms with Crippen molar-refractivity contribution in [3.63, 3.8) is 0 Å². The van der Waals surface area contributed by atoms with Gasteiger partial charge in [-0.25, -0.2) is 9.97 Å². The van der Waals surface area contributed by atoms with Crippen LogP contribution in [0.3, 0.4) is 0 Å². The van der Waals surface area contributed by atoms with E-state index in [4.69, 9.17) is 30.4 Å². The van der Waals surface area contributed by atoms with Crippen LogP contribution in [-0.4, -0.2) is 49.2 Å². The topological polar surface area (TPSA) is 221 Å². The second kappa shape index (κ2) is 19.7. The van der Waals surface area contributed by atoms with E-state index in [0.717, 1.165) is 33.6 Å². The molecular formula is C43H49IN8O6. The zero-order chi connectivity index (χ0) is 40.8. The lowest BCUT2D eigenvalue weighted by Crippen LogP contribution is -2.28. The smallest absolute Gasteiger partial charge is 0.247 e. The van der Waals surface area contributed by atoms with E-state index in [1.807, 2.05) is 41.5 Å². The Kier molecular flexibility index (Phi) is 15.6. The van der Waals surface area contributed by atoms with Gasteiger partial charge in [0.05, 0.1) is 85.0 Å². The minimum atomic E-state index is -0.545. The number of rotatable bonds is 10. The van der Waals surface area contributed by atoms with Gasteiger partial charge in [0.25, 0.3) is 0 Å². The number of ether oxygens (including phenoxy) is 4. The number of anilines is 2. The molecule has 2 aromatic carbocycles. The highest BCUT2D eigenvalue weighted by molar-refractivity contribution is 14.0. The van der Waals surface area contributed by atoms with E-state index in [9.17, 15) is 20.1 Å². The van der Waals surface area contributed by atoms with Crippen LogP contribution in [0.15, 0.2) is 71.3 Å². The summed E-state index contributed by atoms with van der Waals surface area (Å²) in [7, 11) is 3.06. The number of benzene rings is 2. The average molecular weight is 901 g/mol. The van der Waals surface area contributed by atoms with E-state index >= 15 is 0 Å². The third-order valence-electron chi connectivity index (χ3n) is 9.57. The standard InChI is InChI=1S/2C21H22N4O3.CH4.HI/c2*1-5-28-21-18-17(14-7-6-13(9-22)8-15(14)27-4)16(20(23)26)12(3)25-19(18)11(2)10-24-21;;/h2*6-8,10,17,25H,5H2,1-4H3,(H2,23,26);1H4;1H/t17-;;;/m1.../s1. The Balaban J connectivity index is 0.000000300. The summed E-state index contributed by atoms with van der Waals surface area (Å²) in [4.78, 5) is 33.7. The molecule has 2 aliphatic rings. The van der Waals surface area contributed by atoms with E-state index in [-0.39, 0.29) is 31.4 Å². The number of hydrogen-bond donors (Lipinski definition) is 4. The minimum absolute atomic E-state index is 0.